The van der Waals surface area contributed by atoms with Crippen molar-refractivity contribution < 1.29 is 18.7 Å². The van der Waals surface area contributed by atoms with E-state index in [1.54, 1.807) is 24.3 Å². The minimum atomic E-state index is -0.926. The number of carbonyl (C=O) groups is 1. The maximum atomic E-state index is 13.7. The normalized spacial score (nSPS) is 27.6. The predicted molar refractivity (Wildman–Crippen MR) is 56.8 cm³/mol. The van der Waals surface area contributed by atoms with E-state index in [1.165, 1.54) is 0 Å². The molecule has 0 aliphatic carbocycles. The molecule has 1 aromatic rings. The Morgan fingerprint density at radius 1 is 1.41 bits per heavy atom. The Labute approximate surface area is 97.9 Å². The van der Waals surface area contributed by atoms with E-state index in [0.717, 1.165) is 6.42 Å². The monoisotopic (exact) mass is 237 g/mol. The van der Waals surface area contributed by atoms with Gasteiger partial charge in [0.2, 0.25) is 0 Å². The number of hydrogen-bond donors (Lipinski definition) is 0. The first-order chi connectivity index (χ1) is 8.27. The Hall–Kier alpha value is -1.46. The van der Waals surface area contributed by atoms with Crippen molar-refractivity contribution >= 4 is 5.91 Å². The zero-order valence-corrected chi connectivity index (χ0v) is 9.14. The third-order valence-electron chi connectivity index (χ3n) is 3.07. The van der Waals surface area contributed by atoms with Crippen molar-refractivity contribution in [1.82, 2.24) is 5.12 Å². The zero-order chi connectivity index (χ0) is 11.8. The quantitative estimate of drug-likeness (QED) is 0.736. The molecule has 90 valence electrons. The molecule has 1 aromatic carbocycles. The maximum Gasteiger partial charge on any atom is 0.284 e. The highest BCUT2D eigenvalue weighted by atomic mass is 19.2. The lowest BCUT2D eigenvalue weighted by atomic mass is 10.1. The third-order valence-corrected chi connectivity index (χ3v) is 3.07. The van der Waals surface area contributed by atoms with Gasteiger partial charge < -0.3 is 9.47 Å². The van der Waals surface area contributed by atoms with Gasteiger partial charge in [-0.05, 0) is 12.5 Å². The molecule has 0 bridgehead atoms. The van der Waals surface area contributed by atoms with Crippen molar-refractivity contribution in [2.24, 2.45) is 0 Å². The van der Waals surface area contributed by atoms with Gasteiger partial charge in [0.15, 0.2) is 6.23 Å². The summed E-state index contributed by atoms with van der Waals surface area (Å²) in [5, 5.41) is 0.156. The number of fused-ring (bicyclic) bond motifs is 1. The molecule has 5 heteroatoms. The summed E-state index contributed by atoms with van der Waals surface area (Å²) in [5.41, 5.74) is 0.964. The van der Waals surface area contributed by atoms with Crippen LogP contribution in [0.15, 0.2) is 24.3 Å². The second-order valence-electron chi connectivity index (χ2n) is 4.18. The molecular formula is C12H12FNO3. The molecule has 3 rings (SSSR count). The fourth-order valence-electron chi connectivity index (χ4n) is 2.18. The summed E-state index contributed by atoms with van der Waals surface area (Å²) in [7, 11) is 0. The number of amides is 1. The molecule has 0 radical (unpaired) electrons. The summed E-state index contributed by atoms with van der Waals surface area (Å²) < 4.78 is 24.5. The minimum absolute atomic E-state index is 0.141. The van der Waals surface area contributed by atoms with Crippen molar-refractivity contribution in [2.45, 2.75) is 18.8 Å². The van der Waals surface area contributed by atoms with Gasteiger partial charge in [0.05, 0.1) is 12.7 Å². The maximum absolute atomic E-state index is 13.7. The number of carbonyl (C=O) groups excluding carboxylic acids is 1. The SMILES string of the molecule is O=C1c2ccccc2C(O[C@H]2CCOC2)N1F. The lowest BCUT2D eigenvalue weighted by molar-refractivity contribution is -0.146. The molecule has 1 amide bonds. The Bertz CT molecular complexity index is 445. The van der Waals surface area contributed by atoms with Gasteiger partial charge in [0.25, 0.3) is 5.91 Å². The summed E-state index contributed by atoms with van der Waals surface area (Å²) >= 11 is 0. The predicted octanol–water partition coefficient (Wildman–Crippen LogP) is 1.83. The number of hydrogen-bond acceptors (Lipinski definition) is 3. The van der Waals surface area contributed by atoms with Crippen molar-refractivity contribution in [3.05, 3.63) is 35.4 Å². The summed E-state index contributed by atoms with van der Waals surface area (Å²) in [4.78, 5) is 11.6. The molecule has 2 aliphatic heterocycles. The molecule has 0 spiro atoms. The van der Waals surface area contributed by atoms with Crippen molar-refractivity contribution in [3.63, 3.8) is 0 Å². The van der Waals surface area contributed by atoms with E-state index in [2.05, 4.69) is 0 Å². The van der Waals surface area contributed by atoms with Crippen LogP contribution in [0.25, 0.3) is 0 Å². The van der Waals surface area contributed by atoms with E-state index >= 15 is 0 Å². The molecule has 0 saturated carbocycles. The smallest absolute Gasteiger partial charge is 0.284 e. The summed E-state index contributed by atoms with van der Waals surface area (Å²) in [6.45, 7) is 1.08. The van der Waals surface area contributed by atoms with Gasteiger partial charge in [-0.25, -0.2) is 0 Å². The van der Waals surface area contributed by atoms with Crippen LogP contribution in [0.4, 0.5) is 4.48 Å². The standard InChI is InChI=1S/C12H12FNO3/c13-14-11(15)9-3-1-2-4-10(9)12(14)17-8-5-6-16-7-8/h1-4,8,12H,5-7H2/t8-,12?/m0/s1. The van der Waals surface area contributed by atoms with Crippen LogP contribution in [-0.4, -0.2) is 30.3 Å². The van der Waals surface area contributed by atoms with E-state index < -0.39 is 12.1 Å². The number of ether oxygens (including phenoxy) is 2. The van der Waals surface area contributed by atoms with Gasteiger partial charge in [-0.2, -0.15) is 0 Å². The van der Waals surface area contributed by atoms with Crippen molar-refractivity contribution in [1.29, 1.82) is 0 Å². The van der Waals surface area contributed by atoms with Gasteiger partial charge in [0.1, 0.15) is 0 Å². The number of benzene rings is 1. The Morgan fingerprint density at radius 2 is 2.24 bits per heavy atom. The van der Waals surface area contributed by atoms with Crippen LogP contribution < -0.4 is 0 Å². The van der Waals surface area contributed by atoms with Crippen LogP contribution in [-0.2, 0) is 9.47 Å². The Kier molecular flexibility index (Phi) is 2.57. The minimum Gasteiger partial charge on any atom is -0.379 e. The molecule has 2 heterocycles. The topological polar surface area (TPSA) is 38.8 Å². The van der Waals surface area contributed by atoms with Crippen LogP contribution in [0, 0.1) is 0 Å². The Balaban J connectivity index is 1.86. The lowest BCUT2D eigenvalue weighted by Gasteiger charge is -2.20. The third kappa shape index (κ3) is 1.71. The molecular weight excluding hydrogens is 225 g/mol. The fourth-order valence-corrected chi connectivity index (χ4v) is 2.18. The summed E-state index contributed by atoms with van der Waals surface area (Å²) in [5.74, 6) is -0.635. The Morgan fingerprint density at radius 3 is 3.00 bits per heavy atom. The molecule has 2 atom stereocenters. The number of rotatable bonds is 2. The van der Waals surface area contributed by atoms with E-state index in [-0.39, 0.29) is 11.2 Å². The molecule has 4 nitrogen and oxygen atoms in total. The van der Waals surface area contributed by atoms with Gasteiger partial charge >= 0.3 is 0 Å². The van der Waals surface area contributed by atoms with Crippen LogP contribution in [0.3, 0.4) is 0 Å². The van der Waals surface area contributed by atoms with Crippen molar-refractivity contribution in [2.75, 3.05) is 13.2 Å². The highest BCUT2D eigenvalue weighted by Crippen LogP contribution is 2.36. The van der Waals surface area contributed by atoms with Crippen LogP contribution in [0.1, 0.15) is 28.6 Å². The first-order valence-electron chi connectivity index (χ1n) is 5.59. The average molecular weight is 237 g/mol. The molecule has 1 unspecified atom stereocenters. The largest absolute Gasteiger partial charge is 0.379 e. The zero-order valence-electron chi connectivity index (χ0n) is 9.14. The summed E-state index contributed by atoms with van der Waals surface area (Å²) in [6, 6.07) is 6.81. The van der Waals surface area contributed by atoms with Gasteiger partial charge in [0, 0.05) is 17.7 Å². The lowest BCUT2D eigenvalue weighted by Crippen LogP contribution is -2.25. The molecule has 2 aliphatic rings. The highest BCUT2D eigenvalue weighted by Gasteiger charge is 2.39. The van der Waals surface area contributed by atoms with Gasteiger partial charge in [-0.3, -0.25) is 4.79 Å². The molecule has 1 fully saturated rings. The van der Waals surface area contributed by atoms with Crippen LogP contribution in [0.2, 0.25) is 0 Å². The molecule has 0 N–H and O–H groups in total. The highest BCUT2D eigenvalue weighted by molar-refractivity contribution is 5.98. The first kappa shape index (κ1) is 10.7. The van der Waals surface area contributed by atoms with E-state index in [0.29, 0.717) is 24.3 Å². The number of halogens is 1. The van der Waals surface area contributed by atoms with E-state index in [4.69, 9.17) is 9.47 Å². The van der Waals surface area contributed by atoms with Crippen LogP contribution >= 0.6 is 0 Å². The second-order valence-corrected chi connectivity index (χ2v) is 4.18. The first-order valence-corrected chi connectivity index (χ1v) is 5.59. The van der Waals surface area contributed by atoms with Crippen LogP contribution in [0.5, 0.6) is 0 Å². The van der Waals surface area contributed by atoms with Crippen molar-refractivity contribution in [3.8, 4) is 0 Å². The van der Waals surface area contributed by atoms with E-state index in [9.17, 15) is 9.28 Å². The second kappa shape index (κ2) is 4.09. The molecule has 1 saturated heterocycles. The fraction of sp³-hybridized carbons (Fsp3) is 0.417. The van der Waals surface area contributed by atoms with Gasteiger partial charge in [-0.1, -0.05) is 22.7 Å². The van der Waals surface area contributed by atoms with Gasteiger partial charge in [-0.15, -0.1) is 5.12 Å². The summed E-state index contributed by atoms with van der Waals surface area (Å²) in [6.07, 6.45) is -0.330. The van der Waals surface area contributed by atoms with E-state index in [1.807, 2.05) is 0 Å². The average Bonchev–Trinajstić information content (AvgIpc) is 2.94. The molecule has 0 aromatic heterocycles. The molecule has 17 heavy (non-hydrogen) atoms. The number of nitrogens with zero attached hydrogens (tertiary/aromatic N) is 1.